The molecule has 9 nitrogen and oxygen atoms in total. The quantitative estimate of drug-likeness (QED) is 0.102. The van der Waals surface area contributed by atoms with E-state index in [0.717, 1.165) is 33.0 Å². The number of hydrogen-bond donors (Lipinski definition) is 4. The van der Waals surface area contributed by atoms with Crippen LogP contribution in [0.25, 0.3) is 0 Å². The number of rotatable bonds is 13. The van der Waals surface area contributed by atoms with E-state index in [4.69, 9.17) is 14.7 Å². The van der Waals surface area contributed by atoms with E-state index < -0.39 is 12.2 Å². The normalized spacial score (nSPS) is 18.7. The van der Waals surface area contributed by atoms with E-state index in [9.17, 15) is 14.7 Å². The smallest absolute Gasteiger partial charge is 0.243 e. The van der Waals surface area contributed by atoms with Gasteiger partial charge in [-0.05, 0) is 41.7 Å². The van der Waals surface area contributed by atoms with Crippen molar-refractivity contribution >= 4 is 23.6 Å². The molecular weight excluding hydrogens is 530 g/mol. The monoisotopic (exact) mass is 565 g/mol. The van der Waals surface area contributed by atoms with Crippen LogP contribution in [-0.2, 0) is 32.2 Å². The van der Waals surface area contributed by atoms with Crippen LogP contribution in [-0.4, -0.2) is 39.0 Å². The van der Waals surface area contributed by atoms with Crippen molar-refractivity contribution in [3.05, 3.63) is 95.2 Å². The topological polar surface area (TPSA) is 130 Å². The fourth-order valence-electron chi connectivity index (χ4n) is 4.34. The van der Waals surface area contributed by atoms with Gasteiger partial charge in [-0.3, -0.25) is 14.8 Å². The Labute approximate surface area is 238 Å². The predicted octanol–water partition coefficient (Wildman–Crippen LogP) is 4.59. The van der Waals surface area contributed by atoms with Crippen LogP contribution in [0.4, 0.5) is 0 Å². The first-order chi connectivity index (χ1) is 19.5. The molecule has 1 aliphatic heterocycles. The largest absolute Gasteiger partial charge is 0.392 e. The van der Waals surface area contributed by atoms with Gasteiger partial charge in [0.05, 0.1) is 23.8 Å². The highest BCUT2D eigenvalue weighted by atomic mass is 32.2. The minimum atomic E-state index is -0.551. The standard InChI is InChI=1S/C30H35N3O6S/c34-19-22-10-12-23(13-11-22)26-17-25(20-40-29-7-3-4-16-31-29)38-30(39-26)24-14-8-21(9-15-24)18-32-27(35)5-1-2-6-28(36)33-37/h3-4,7-16,25-26,30,34,37H,1-2,5-6,17-20H2,(H,32,35)(H,33,36)/t25-,26+,30+/m0/s1. The van der Waals surface area contributed by atoms with Crippen molar-refractivity contribution in [3.63, 3.8) is 0 Å². The van der Waals surface area contributed by atoms with Crippen LogP contribution in [0.15, 0.2) is 78.0 Å². The van der Waals surface area contributed by atoms with Crippen molar-refractivity contribution in [2.24, 2.45) is 0 Å². The molecule has 2 aromatic carbocycles. The number of benzene rings is 2. The molecule has 3 aromatic rings. The van der Waals surface area contributed by atoms with Crippen LogP contribution in [0.1, 0.15) is 66.8 Å². The third-order valence-corrected chi connectivity index (χ3v) is 7.67. The zero-order chi connectivity index (χ0) is 28.2. The van der Waals surface area contributed by atoms with Gasteiger partial charge in [0, 0.05) is 43.3 Å². The molecule has 0 radical (unpaired) electrons. The van der Waals surface area contributed by atoms with Gasteiger partial charge in [0.15, 0.2) is 6.29 Å². The summed E-state index contributed by atoms with van der Waals surface area (Å²) in [6, 6.07) is 21.5. The minimum Gasteiger partial charge on any atom is -0.392 e. The molecule has 0 aliphatic carbocycles. The summed E-state index contributed by atoms with van der Waals surface area (Å²) in [5, 5.41) is 21.8. The van der Waals surface area contributed by atoms with Gasteiger partial charge in [0.2, 0.25) is 11.8 Å². The number of aliphatic hydroxyl groups is 1. The van der Waals surface area contributed by atoms with Crippen molar-refractivity contribution in [2.45, 2.75) is 68.8 Å². The summed E-state index contributed by atoms with van der Waals surface area (Å²) in [6.45, 7) is 0.392. The number of ether oxygens (including phenoxy) is 2. The summed E-state index contributed by atoms with van der Waals surface area (Å²) in [7, 11) is 0. The van der Waals surface area contributed by atoms with Crippen LogP contribution >= 0.6 is 11.8 Å². The van der Waals surface area contributed by atoms with Gasteiger partial charge >= 0.3 is 0 Å². The van der Waals surface area contributed by atoms with E-state index in [1.54, 1.807) is 23.4 Å². The number of nitrogens with zero attached hydrogens (tertiary/aromatic N) is 1. The van der Waals surface area contributed by atoms with E-state index in [2.05, 4.69) is 10.3 Å². The summed E-state index contributed by atoms with van der Waals surface area (Å²) in [6.07, 6.45) is 3.31. The first-order valence-corrected chi connectivity index (χ1v) is 14.4. The number of carbonyl (C=O) groups is 2. The number of aliphatic hydroxyl groups excluding tert-OH is 1. The third-order valence-electron chi connectivity index (χ3n) is 6.59. The van der Waals surface area contributed by atoms with Gasteiger partial charge in [0.1, 0.15) is 0 Å². The number of amides is 2. The summed E-state index contributed by atoms with van der Waals surface area (Å²) in [5.41, 5.74) is 5.32. The van der Waals surface area contributed by atoms with Gasteiger partial charge in [-0.25, -0.2) is 10.5 Å². The minimum absolute atomic E-state index is 0.00294. The van der Waals surface area contributed by atoms with Crippen molar-refractivity contribution in [1.29, 1.82) is 0 Å². The molecule has 2 amide bonds. The fraction of sp³-hybridized carbons (Fsp3) is 0.367. The summed E-state index contributed by atoms with van der Waals surface area (Å²) < 4.78 is 12.8. The molecule has 1 saturated heterocycles. The molecule has 3 atom stereocenters. The lowest BCUT2D eigenvalue weighted by atomic mass is 10.0. The van der Waals surface area contributed by atoms with Gasteiger partial charge in [-0.15, -0.1) is 11.8 Å². The Morgan fingerprint density at radius 3 is 2.27 bits per heavy atom. The molecule has 1 aromatic heterocycles. The average Bonchev–Trinajstić information content (AvgIpc) is 3.01. The second-order valence-electron chi connectivity index (χ2n) is 9.59. The number of carbonyl (C=O) groups excluding carboxylic acids is 2. The summed E-state index contributed by atoms with van der Waals surface area (Å²) in [5.74, 6) is 0.197. The maximum atomic E-state index is 12.1. The zero-order valence-electron chi connectivity index (χ0n) is 22.2. The van der Waals surface area contributed by atoms with E-state index in [0.29, 0.717) is 32.2 Å². The van der Waals surface area contributed by atoms with Crippen LogP contribution in [0.2, 0.25) is 0 Å². The lowest BCUT2D eigenvalue weighted by Crippen LogP contribution is -2.31. The maximum absolute atomic E-state index is 12.1. The van der Waals surface area contributed by atoms with Crippen molar-refractivity contribution in [1.82, 2.24) is 15.8 Å². The molecular formula is C30H35N3O6S. The highest BCUT2D eigenvalue weighted by molar-refractivity contribution is 7.99. The number of unbranched alkanes of at least 4 members (excludes halogenated alkanes) is 1. The number of nitrogens with one attached hydrogen (secondary N) is 2. The van der Waals surface area contributed by atoms with Crippen LogP contribution < -0.4 is 10.8 Å². The molecule has 1 fully saturated rings. The fourth-order valence-corrected chi connectivity index (χ4v) is 5.22. The summed E-state index contributed by atoms with van der Waals surface area (Å²) in [4.78, 5) is 27.6. The van der Waals surface area contributed by atoms with Crippen molar-refractivity contribution in [3.8, 4) is 0 Å². The number of hydrogen-bond acceptors (Lipinski definition) is 8. The van der Waals surface area contributed by atoms with Gasteiger partial charge in [0.25, 0.3) is 0 Å². The lowest BCUT2D eigenvalue weighted by molar-refractivity contribution is -0.245. The third kappa shape index (κ3) is 9.14. The van der Waals surface area contributed by atoms with Gasteiger partial charge in [-0.2, -0.15) is 0 Å². The molecule has 4 N–H and O–H groups in total. The maximum Gasteiger partial charge on any atom is 0.243 e. The second kappa shape index (κ2) is 15.5. The molecule has 4 rings (SSSR count). The number of pyridine rings is 1. The van der Waals surface area contributed by atoms with E-state index in [-0.39, 0.29) is 31.1 Å². The molecule has 10 heteroatoms. The molecule has 212 valence electrons. The molecule has 0 saturated carbocycles. The Morgan fingerprint density at radius 1 is 0.900 bits per heavy atom. The second-order valence-corrected chi connectivity index (χ2v) is 10.6. The van der Waals surface area contributed by atoms with E-state index in [1.807, 2.05) is 66.7 Å². The Bertz CT molecular complexity index is 1210. The van der Waals surface area contributed by atoms with E-state index >= 15 is 0 Å². The molecule has 40 heavy (non-hydrogen) atoms. The van der Waals surface area contributed by atoms with Crippen LogP contribution in [0, 0.1) is 0 Å². The first kappa shape index (κ1) is 29.7. The summed E-state index contributed by atoms with van der Waals surface area (Å²) >= 11 is 1.65. The zero-order valence-corrected chi connectivity index (χ0v) is 23.0. The lowest BCUT2D eigenvalue weighted by Gasteiger charge is -2.36. The Morgan fingerprint density at radius 2 is 1.60 bits per heavy atom. The molecule has 0 bridgehead atoms. The highest BCUT2D eigenvalue weighted by Gasteiger charge is 2.32. The Hall–Kier alpha value is -3.28. The molecule has 1 aliphatic rings. The van der Waals surface area contributed by atoms with Crippen LogP contribution in [0.3, 0.4) is 0 Å². The molecule has 2 heterocycles. The SMILES string of the molecule is O=C(CCCCC(=O)NCc1ccc([C@@H]2O[C@H](CSc3ccccn3)C[C@H](c3ccc(CO)cc3)O2)cc1)NO. The van der Waals surface area contributed by atoms with E-state index in [1.165, 1.54) is 0 Å². The van der Waals surface area contributed by atoms with Gasteiger partial charge < -0.3 is 19.9 Å². The van der Waals surface area contributed by atoms with Crippen molar-refractivity contribution in [2.75, 3.05) is 5.75 Å². The van der Waals surface area contributed by atoms with Crippen LogP contribution in [0.5, 0.6) is 0 Å². The van der Waals surface area contributed by atoms with Gasteiger partial charge in [-0.1, -0.05) is 54.6 Å². The predicted molar refractivity (Wildman–Crippen MR) is 150 cm³/mol. The Balaban J connectivity index is 1.35. The number of aromatic nitrogens is 1. The average molecular weight is 566 g/mol. The number of hydroxylamine groups is 1. The Kier molecular flexibility index (Phi) is 11.5. The molecule has 0 spiro atoms. The van der Waals surface area contributed by atoms with Crippen molar-refractivity contribution < 1.29 is 29.4 Å². The number of thioether (sulfide) groups is 1. The highest BCUT2D eigenvalue weighted by Crippen LogP contribution is 2.39. The first-order valence-electron chi connectivity index (χ1n) is 13.4. The molecule has 0 unspecified atom stereocenters.